The van der Waals surface area contributed by atoms with Gasteiger partial charge in [0.15, 0.2) is 0 Å². The molecule has 0 aromatic heterocycles. The summed E-state index contributed by atoms with van der Waals surface area (Å²) < 4.78 is 38.1. The van der Waals surface area contributed by atoms with E-state index in [0.717, 1.165) is 6.42 Å². The van der Waals surface area contributed by atoms with Crippen molar-refractivity contribution < 1.29 is 13.2 Å². The van der Waals surface area contributed by atoms with E-state index in [-0.39, 0.29) is 17.5 Å². The zero-order valence-corrected chi connectivity index (χ0v) is 12.6. The molecule has 2 nitrogen and oxygen atoms in total. The molecule has 0 spiro atoms. The van der Waals surface area contributed by atoms with Crippen LogP contribution in [0.3, 0.4) is 0 Å². The van der Waals surface area contributed by atoms with Crippen LogP contribution in [0.1, 0.15) is 41.0 Å². The minimum absolute atomic E-state index is 0.0137. The number of piperazine rings is 1. The number of hydrogen-bond acceptors (Lipinski definition) is 2. The quantitative estimate of drug-likeness (QED) is 0.853. The van der Waals surface area contributed by atoms with E-state index in [1.165, 1.54) is 0 Å². The van der Waals surface area contributed by atoms with E-state index in [9.17, 15) is 13.2 Å². The Labute approximate surface area is 114 Å². The number of hydrogen-bond donors (Lipinski definition) is 1. The maximum absolute atomic E-state index is 12.7. The molecule has 5 heteroatoms. The lowest BCUT2D eigenvalue weighted by Crippen LogP contribution is -2.61. The van der Waals surface area contributed by atoms with Crippen LogP contribution in [-0.4, -0.2) is 42.8 Å². The lowest BCUT2D eigenvalue weighted by molar-refractivity contribution is -0.156. The summed E-state index contributed by atoms with van der Waals surface area (Å²) in [5.74, 6) is 0.411. The van der Waals surface area contributed by atoms with Crippen molar-refractivity contribution in [2.24, 2.45) is 11.3 Å². The maximum Gasteiger partial charge on any atom is 0.401 e. The van der Waals surface area contributed by atoms with Crippen LogP contribution in [-0.2, 0) is 0 Å². The van der Waals surface area contributed by atoms with E-state index in [1.807, 2.05) is 0 Å². The average Bonchev–Trinajstić information content (AvgIpc) is 2.15. The molecule has 1 N–H and O–H groups in total. The first-order valence-corrected chi connectivity index (χ1v) is 7.03. The average molecular weight is 280 g/mol. The van der Waals surface area contributed by atoms with Gasteiger partial charge in [0.1, 0.15) is 0 Å². The Morgan fingerprint density at radius 2 is 1.79 bits per heavy atom. The van der Waals surface area contributed by atoms with Gasteiger partial charge >= 0.3 is 6.18 Å². The van der Waals surface area contributed by atoms with Crippen LogP contribution < -0.4 is 5.32 Å². The SMILES string of the molecule is CC(C)CC1CNC(C(C)(C)C)CN1CC(F)(F)F. The van der Waals surface area contributed by atoms with Crippen molar-refractivity contribution in [3.8, 4) is 0 Å². The number of nitrogens with one attached hydrogen (secondary N) is 1. The van der Waals surface area contributed by atoms with Crippen LogP contribution in [0.25, 0.3) is 0 Å². The first-order chi connectivity index (χ1) is 8.49. The summed E-state index contributed by atoms with van der Waals surface area (Å²) in [6.45, 7) is 10.6. The number of rotatable bonds is 3. The molecule has 1 aliphatic rings. The van der Waals surface area contributed by atoms with Gasteiger partial charge in [-0.05, 0) is 17.8 Å². The Morgan fingerprint density at radius 3 is 2.21 bits per heavy atom. The van der Waals surface area contributed by atoms with E-state index in [1.54, 1.807) is 4.90 Å². The van der Waals surface area contributed by atoms with Gasteiger partial charge in [-0.25, -0.2) is 0 Å². The normalized spacial score (nSPS) is 27.0. The van der Waals surface area contributed by atoms with Crippen molar-refractivity contribution in [2.75, 3.05) is 19.6 Å². The molecule has 19 heavy (non-hydrogen) atoms. The second kappa shape index (κ2) is 6.00. The fourth-order valence-corrected chi connectivity index (χ4v) is 2.64. The van der Waals surface area contributed by atoms with Crippen molar-refractivity contribution >= 4 is 0 Å². The summed E-state index contributed by atoms with van der Waals surface area (Å²) in [4.78, 5) is 1.62. The van der Waals surface area contributed by atoms with E-state index >= 15 is 0 Å². The molecule has 2 atom stereocenters. The van der Waals surface area contributed by atoms with Crippen LogP contribution in [0.4, 0.5) is 13.2 Å². The lowest BCUT2D eigenvalue weighted by atomic mass is 9.84. The molecule has 0 bridgehead atoms. The molecular formula is C14H27F3N2. The van der Waals surface area contributed by atoms with Gasteiger partial charge in [0, 0.05) is 25.2 Å². The molecule has 2 unspecified atom stereocenters. The molecule has 0 saturated carbocycles. The Morgan fingerprint density at radius 1 is 1.21 bits per heavy atom. The summed E-state index contributed by atoms with van der Waals surface area (Å²) in [6, 6.07) is 0.0958. The molecule has 0 amide bonds. The second-order valence-electron chi connectivity index (χ2n) is 7.15. The Hall–Kier alpha value is -0.290. The minimum Gasteiger partial charge on any atom is -0.311 e. The predicted octanol–water partition coefficient (Wildman–Crippen LogP) is 3.28. The van der Waals surface area contributed by atoms with Crippen LogP contribution in [0.5, 0.6) is 0 Å². The summed E-state index contributed by atoms with van der Waals surface area (Å²) in [5.41, 5.74) is -0.0212. The molecule has 1 aliphatic heterocycles. The zero-order chi connectivity index (χ0) is 14.8. The molecule has 114 valence electrons. The number of nitrogens with zero attached hydrogens (tertiary/aromatic N) is 1. The molecule has 0 aliphatic carbocycles. The molecule has 1 fully saturated rings. The van der Waals surface area contributed by atoms with E-state index in [2.05, 4.69) is 39.9 Å². The molecule has 0 aromatic carbocycles. The minimum atomic E-state index is -4.12. The second-order valence-corrected chi connectivity index (χ2v) is 7.15. The summed E-state index contributed by atoms with van der Waals surface area (Å²) in [6.07, 6.45) is -3.31. The largest absolute Gasteiger partial charge is 0.401 e. The van der Waals surface area contributed by atoms with E-state index < -0.39 is 12.7 Å². The molecule has 0 aromatic rings. The molecule has 1 heterocycles. The number of halogens is 3. The highest BCUT2D eigenvalue weighted by atomic mass is 19.4. The molecule has 1 rings (SSSR count). The van der Waals surface area contributed by atoms with Gasteiger partial charge in [-0.1, -0.05) is 34.6 Å². The van der Waals surface area contributed by atoms with Gasteiger partial charge in [0.2, 0.25) is 0 Å². The highest BCUT2D eigenvalue weighted by Gasteiger charge is 2.39. The monoisotopic (exact) mass is 280 g/mol. The van der Waals surface area contributed by atoms with Crippen molar-refractivity contribution in [3.05, 3.63) is 0 Å². The predicted molar refractivity (Wildman–Crippen MR) is 72.1 cm³/mol. The smallest absolute Gasteiger partial charge is 0.311 e. The van der Waals surface area contributed by atoms with Gasteiger partial charge in [-0.3, -0.25) is 4.90 Å². The Bertz CT molecular complexity index is 281. The Balaban J connectivity index is 2.74. The summed E-state index contributed by atoms with van der Waals surface area (Å²) in [5, 5.41) is 3.42. The van der Waals surface area contributed by atoms with Crippen LogP contribution >= 0.6 is 0 Å². The van der Waals surface area contributed by atoms with Crippen LogP contribution in [0, 0.1) is 11.3 Å². The summed E-state index contributed by atoms with van der Waals surface area (Å²) in [7, 11) is 0. The fourth-order valence-electron chi connectivity index (χ4n) is 2.64. The highest BCUT2D eigenvalue weighted by Crippen LogP contribution is 2.28. The molecular weight excluding hydrogens is 253 g/mol. The van der Waals surface area contributed by atoms with Crippen molar-refractivity contribution in [1.29, 1.82) is 0 Å². The lowest BCUT2D eigenvalue weighted by Gasteiger charge is -2.45. The first-order valence-electron chi connectivity index (χ1n) is 7.03. The zero-order valence-electron chi connectivity index (χ0n) is 12.6. The standard InChI is InChI=1S/C14H27F3N2/c1-10(2)6-11-7-18-12(13(3,4)5)8-19(11)9-14(15,16)17/h10-12,18H,6-9H2,1-5H3. The highest BCUT2D eigenvalue weighted by molar-refractivity contribution is 4.92. The number of alkyl halides is 3. The third-order valence-corrected chi connectivity index (χ3v) is 3.70. The van der Waals surface area contributed by atoms with Gasteiger partial charge in [-0.15, -0.1) is 0 Å². The van der Waals surface area contributed by atoms with Gasteiger partial charge < -0.3 is 5.32 Å². The first kappa shape index (κ1) is 16.8. The van der Waals surface area contributed by atoms with Crippen LogP contribution in [0.15, 0.2) is 0 Å². The Kier molecular flexibility index (Phi) is 5.29. The third kappa shape index (κ3) is 5.69. The summed E-state index contributed by atoms with van der Waals surface area (Å²) >= 11 is 0. The van der Waals surface area contributed by atoms with Crippen molar-refractivity contribution in [3.63, 3.8) is 0 Å². The third-order valence-electron chi connectivity index (χ3n) is 3.70. The van der Waals surface area contributed by atoms with E-state index in [4.69, 9.17) is 0 Å². The van der Waals surface area contributed by atoms with Gasteiger partial charge in [-0.2, -0.15) is 13.2 Å². The van der Waals surface area contributed by atoms with Crippen molar-refractivity contribution in [2.45, 2.75) is 59.3 Å². The van der Waals surface area contributed by atoms with E-state index in [0.29, 0.717) is 19.0 Å². The molecule has 0 radical (unpaired) electrons. The van der Waals surface area contributed by atoms with Gasteiger partial charge in [0.05, 0.1) is 6.54 Å². The fraction of sp³-hybridized carbons (Fsp3) is 1.00. The molecule has 1 saturated heterocycles. The van der Waals surface area contributed by atoms with Gasteiger partial charge in [0.25, 0.3) is 0 Å². The van der Waals surface area contributed by atoms with Crippen molar-refractivity contribution in [1.82, 2.24) is 10.2 Å². The topological polar surface area (TPSA) is 15.3 Å². The maximum atomic E-state index is 12.7. The van der Waals surface area contributed by atoms with Crippen LogP contribution in [0.2, 0.25) is 0 Å².